The number of rotatable bonds is 19. The van der Waals surface area contributed by atoms with Crippen LogP contribution in [0.3, 0.4) is 0 Å². The van der Waals surface area contributed by atoms with E-state index in [1.54, 1.807) is 55.4 Å². The van der Waals surface area contributed by atoms with Gasteiger partial charge in [-0.25, -0.2) is 0 Å². The van der Waals surface area contributed by atoms with E-state index >= 15 is 0 Å². The molecule has 0 saturated carbocycles. The summed E-state index contributed by atoms with van der Waals surface area (Å²) in [4.78, 5) is 32.5. The summed E-state index contributed by atoms with van der Waals surface area (Å²) in [5, 5.41) is 90.7. The highest BCUT2D eigenvalue weighted by Crippen LogP contribution is 2.52. The molecule has 0 aromatic carbocycles. The number of nitrogens with zero attached hydrogens (tertiary/aromatic N) is 2. The number of esters is 2. The molecule has 0 radical (unpaired) electrons. The molecule has 0 aromatic heterocycles. The molecule has 26 nitrogen and oxygen atoms in total. The lowest BCUT2D eigenvalue weighted by atomic mass is 9.76. The minimum atomic E-state index is -1.80. The minimum absolute atomic E-state index is 0.0580. The number of hydrogen-bond acceptors (Lipinski definition) is 26. The third-order valence-electron chi connectivity index (χ3n) is 25.0. The molecule has 8 saturated heterocycles. The van der Waals surface area contributed by atoms with Gasteiger partial charge in [0.15, 0.2) is 25.2 Å². The van der Waals surface area contributed by atoms with Crippen molar-refractivity contribution >= 4 is 11.9 Å². The first-order valence-corrected chi connectivity index (χ1v) is 37.7. The molecule has 14 unspecified atom stereocenters. The van der Waals surface area contributed by atoms with Gasteiger partial charge in [0.25, 0.3) is 0 Å². The van der Waals surface area contributed by atoms with E-state index in [0.29, 0.717) is 32.2 Å². The number of aliphatic hydroxyl groups is 8. The van der Waals surface area contributed by atoms with Gasteiger partial charge >= 0.3 is 11.9 Å². The van der Waals surface area contributed by atoms with Crippen LogP contribution in [0, 0.1) is 59.7 Å². The van der Waals surface area contributed by atoms with Crippen molar-refractivity contribution in [2.45, 2.75) is 371 Å². The summed E-state index contributed by atoms with van der Waals surface area (Å²) in [7, 11) is 8.75. The van der Waals surface area contributed by atoms with Crippen LogP contribution < -0.4 is 0 Å². The Hall–Kier alpha value is -2.38. The fraction of sp³-hybridized carbons (Fsp3) is 0.947. The van der Waals surface area contributed by atoms with Crippen molar-refractivity contribution in [3.05, 3.63) is 0 Å². The number of carbonyl (C=O) groups excluding carboxylic acids is 2. The Labute approximate surface area is 608 Å². The third kappa shape index (κ3) is 18.1. The highest BCUT2D eigenvalue weighted by atomic mass is 16.7. The first-order chi connectivity index (χ1) is 47.3. The zero-order valence-corrected chi connectivity index (χ0v) is 65.9. The van der Waals surface area contributed by atoms with Crippen LogP contribution in [0.2, 0.25) is 0 Å². The highest BCUT2D eigenvalue weighted by Gasteiger charge is 2.62. The van der Waals surface area contributed by atoms with Crippen molar-refractivity contribution in [3.8, 4) is 12.3 Å². The van der Waals surface area contributed by atoms with Crippen molar-refractivity contribution in [3.63, 3.8) is 0 Å². The molecule has 8 aliphatic rings. The van der Waals surface area contributed by atoms with Crippen LogP contribution in [-0.4, -0.2) is 285 Å². The molecule has 8 fully saturated rings. The second-order valence-corrected chi connectivity index (χ2v) is 33.7. The Balaban J connectivity index is 0.000000286. The van der Waals surface area contributed by atoms with Crippen LogP contribution in [0.4, 0.5) is 0 Å². The van der Waals surface area contributed by atoms with Gasteiger partial charge in [-0.1, -0.05) is 61.3 Å². The molecular weight excluding hydrogens is 1320 g/mol. The van der Waals surface area contributed by atoms with Gasteiger partial charge in [0.05, 0.1) is 114 Å². The van der Waals surface area contributed by atoms with E-state index < -0.39 is 204 Å². The van der Waals surface area contributed by atoms with Crippen LogP contribution in [0.25, 0.3) is 0 Å². The fourth-order valence-corrected chi connectivity index (χ4v) is 18.6. The van der Waals surface area contributed by atoms with Gasteiger partial charge in [0.1, 0.15) is 47.8 Å². The summed E-state index contributed by atoms with van der Waals surface area (Å²) in [6.45, 7) is 36.8. The van der Waals surface area contributed by atoms with Gasteiger partial charge in [-0.05, 0) is 155 Å². The zero-order chi connectivity index (χ0) is 76.8. The summed E-state index contributed by atoms with van der Waals surface area (Å²) < 4.78 is 90.2. The Morgan fingerprint density at radius 3 is 1.25 bits per heavy atom. The molecule has 4 bridgehead atoms. The van der Waals surface area contributed by atoms with E-state index in [4.69, 9.17) is 72.7 Å². The van der Waals surface area contributed by atoms with Gasteiger partial charge in [-0.2, -0.15) is 0 Å². The standard InChI is InChI=1S/C39H67NO12.C37H67NO12/c1-14-16-40(12)26-17-21(4)47-36(29(26)42)51-33-23(6)31(49-28-19-37(9,46-13)32(43)25(8)48-28)24(7)35(44)50-34(39(11,45)27(41)15-2)22(5)30-20(3)18-38(33,10)52-30;1-14-25(39)37(10,43)32-20(4)28-18(2)16-36(9,50-28)31(49-34-27(40)24(38(11)12)15-19(3)45-34)21(5)29(22(6)33(42)48-32)47-26-17-35(8,44-13)30(41)23(7)46-26/h1,20-34,36,41-43,45H,15-19H2,2-13H3;18-32,34,39-41,43H,14-17H2,1-13H3/t20?,21?,22-,23-,24+,25?,26?,27+,28-,29?,30?,31-,32-,33+,34+,36-,37?,38+,39+;18?,19?,20-,21-,22+,23?,24?,25+,26-,27?,28?,29-,30-,31+,32+,34-,35?,36+,37+/m00/s1. The van der Waals surface area contributed by atoms with Crippen molar-refractivity contribution in [1.82, 2.24) is 9.80 Å². The SMILES string of the molecule is C#CCN(C)C1CC(C)O[C@@H](O[C@@H]2[C@@H](C)[C@H](O[C@H]3CC(C)(OC)[C@@H](O)C(C)O3)[C@@H](C)C(=O)O[C@@H]([C@](C)(O)[C@H](O)CC)[C@@H](C)C3O[C@]2(C)CC3C)C1O.CC[C@@H](O)[C@@](C)(O)[C@@H]1OC(=O)[C@H](C)[C@@H](O[C@H]2CC(C)(OC)[C@@H](O)C(C)O2)[C@H](C)[C@@H](O[C@@H]2OC(C)CC(N(C)C)C2O)[C@@]2(C)CC(C)C(O2)[C@@H]1C. The molecule has 0 aromatic rings. The van der Waals surface area contributed by atoms with E-state index in [-0.39, 0.29) is 61.8 Å². The van der Waals surface area contributed by atoms with Crippen LogP contribution in [0.15, 0.2) is 0 Å². The monoisotopic (exact) mass is 1460 g/mol. The summed E-state index contributed by atoms with van der Waals surface area (Å²) in [5.41, 5.74) is -7.50. The van der Waals surface area contributed by atoms with Gasteiger partial charge in [0, 0.05) is 62.8 Å². The van der Waals surface area contributed by atoms with Gasteiger partial charge in [-0.15, -0.1) is 6.42 Å². The van der Waals surface area contributed by atoms with E-state index in [9.17, 15) is 50.4 Å². The van der Waals surface area contributed by atoms with Crippen molar-refractivity contribution in [2.75, 3.05) is 41.9 Å². The molecule has 38 atom stereocenters. The van der Waals surface area contributed by atoms with E-state index in [2.05, 4.69) is 12.8 Å². The van der Waals surface area contributed by atoms with Crippen LogP contribution >= 0.6 is 0 Å². The van der Waals surface area contributed by atoms with E-state index in [0.717, 1.165) is 0 Å². The first kappa shape index (κ1) is 86.9. The average molecular weight is 1460 g/mol. The second kappa shape index (κ2) is 34.3. The van der Waals surface area contributed by atoms with Gasteiger partial charge in [0.2, 0.25) is 0 Å². The zero-order valence-electron chi connectivity index (χ0n) is 65.9. The molecule has 8 aliphatic heterocycles. The lowest BCUT2D eigenvalue weighted by Crippen LogP contribution is -2.60. The maximum atomic E-state index is 14.3. The summed E-state index contributed by atoms with van der Waals surface area (Å²) >= 11 is 0. The van der Waals surface area contributed by atoms with Crippen LogP contribution in [0.5, 0.6) is 0 Å². The Morgan fingerprint density at radius 2 is 0.912 bits per heavy atom. The number of ether oxygens (including phenoxy) is 14. The van der Waals surface area contributed by atoms with Gasteiger partial charge < -0.3 is 112 Å². The first-order valence-electron chi connectivity index (χ1n) is 37.7. The number of hydrogen-bond donors (Lipinski definition) is 8. The Kier molecular flexibility index (Phi) is 29.2. The van der Waals surface area contributed by atoms with Crippen molar-refractivity contribution < 1.29 is 117 Å². The second-order valence-electron chi connectivity index (χ2n) is 33.7. The number of cyclic esters (lactones) is 2. The molecule has 0 amide bonds. The van der Waals surface area contributed by atoms with E-state index in [1.165, 1.54) is 28.1 Å². The maximum absolute atomic E-state index is 14.3. The molecule has 0 spiro atoms. The van der Waals surface area contributed by atoms with Crippen LogP contribution in [-0.2, 0) is 75.9 Å². The third-order valence-corrected chi connectivity index (χ3v) is 25.0. The van der Waals surface area contributed by atoms with Crippen molar-refractivity contribution in [1.29, 1.82) is 0 Å². The smallest absolute Gasteiger partial charge is 0.311 e. The molecule has 8 heterocycles. The van der Waals surface area contributed by atoms with Crippen LogP contribution in [0.1, 0.15) is 190 Å². The maximum Gasteiger partial charge on any atom is 0.311 e. The lowest BCUT2D eigenvalue weighted by Gasteiger charge is -2.48. The molecule has 0 aliphatic carbocycles. The number of carbonyl (C=O) groups is 2. The Morgan fingerprint density at radius 1 is 0.559 bits per heavy atom. The largest absolute Gasteiger partial charge is 0.459 e. The summed E-state index contributed by atoms with van der Waals surface area (Å²) in [6.07, 6.45) is -9.62. The quantitative estimate of drug-likeness (QED) is 0.0605. The molecular formula is C76H134N2O24. The number of terminal acetylenes is 1. The van der Waals surface area contributed by atoms with Gasteiger partial charge in [-0.3, -0.25) is 14.5 Å². The lowest BCUT2D eigenvalue weighted by molar-refractivity contribution is -0.318. The highest BCUT2D eigenvalue weighted by molar-refractivity contribution is 5.73. The predicted octanol–water partition coefficient (Wildman–Crippen LogP) is 5.25. The minimum Gasteiger partial charge on any atom is -0.459 e. The number of fused-ring (bicyclic) bond motifs is 4. The van der Waals surface area contributed by atoms with E-state index in [1.807, 2.05) is 93.3 Å². The molecule has 8 rings (SSSR count). The molecule has 8 N–H and O–H groups in total. The average Bonchev–Trinajstić information content (AvgIpc) is 1.58. The van der Waals surface area contributed by atoms with Crippen molar-refractivity contribution in [2.24, 2.45) is 47.3 Å². The topological polar surface area (TPSA) is 332 Å². The molecule has 592 valence electrons. The Bertz CT molecular complexity index is 2750. The molecule has 26 heteroatoms. The summed E-state index contributed by atoms with van der Waals surface area (Å²) in [6, 6.07) is -0.550. The molecule has 102 heavy (non-hydrogen) atoms. The predicted molar refractivity (Wildman–Crippen MR) is 376 cm³/mol. The number of likely N-dealkylation sites (N-methyl/N-ethyl adjacent to an activating group) is 2. The normalized spacial score (nSPS) is 48.7. The fourth-order valence-electron chi connectivity index (χ4n) is 18.6. The summed E-state index contributed by atoms with van der Waals surface area (Å²) in [5.74, 6) is -2.81. The number of aliphatic hydroxyl groups excluding tert-OH is 6. The number of methoxy groups -OCH3 is 2.